The van der Waals surface area contributed by atoms with Crippen LogP contribution in [0.2, 0.25) is 10.0 Å². The van der Waals surface area contributed by atoms with Gasteiger partial charge in [0.2, 0.25) is 0 Å². The first-order chi connectivity index (χ1) is 12.8. The molecular weight excluding hydrogens is 393 g/mol. The second-order valence-electron chi connectivity index (χ2n) is 5.60. The Balaban J connectivity index is 1.83. The summed E-state index contributed by atoms with van der Waals surface area (Å²) in [7, 11) is 0. The van der Waals surface area contributed by atoms with E-state index in [1.165, 1.54) is 19.1 Å². The van der Waals surface area contributed by atoms with Crippen LogP contribution in [0.1, 0.15) is 12.5 Å². The van der Waals surface area contributed by atoms with Crippen molar-refractivity contribution in [1.82, 2.24) is 10.9 Å². The molecule has 0 aliphatic heterocycles. The monoisotopic (exact) mass is 409 g/mol. The summed E-state index contributed by atoms with van der Waals surface area (Å²) in [5.74, 6) is -2.36. The Kier molecular flexibility index (Phi) is 7.04. The van der Waals surface area contributed by atoms with Gasteiger partial charge in [0.05, 0.1) is 5.02 Å². The maximum atomic E-state index is 12.0. The highest BCUT2D eigenvalue weighted by Crippen LogP contribution is 2.28. The third-order valence-corrected chi connectivity index (χ3v) is 3.91. The van der Waals surface area contributed by atoms with E-state index in [0.29, 0.717) is 10.7 Å². The lowest BCUT2D eigenvalue weighted by Gasteiger charge is -2.16. The van der Waals surface area contributed by atoms with Crippen LogP contribution in [0.3, 0.4) is 0 Å². The fourth-order valence-corrected chi connectivity index (χ4v) is 2.37. The Labute approximate surface area is 166 Å². The first-order valence-corrected chi connectivity index (χ1v) is 8.61. The van der Waals surface area contributed by atoms with E-state index in [0.717, 1.165) is 5.56 Å². The van der Waals surface area contributed by atoms with E-state index in [-0.39, 0.29) is 10.8 Å². The Bertz CT molecular complexity index is 856. The van der Waals surface area contributed by atoms with Crippen molar-refractivity contribution in [3.63, 3.8) is 0 Å². The SMILES string of the molecule is Cc1ccc(NC(=O)C(=O)NNC(=O)C(C)Oc2ccc(Cl)cc2Cl)cc1. The average molecular weight is 410 g/mol. The second-order valence-corrected chi connectivity index (χ2v) is 6.44. The van der Waals surface area contributed by atoms with Gasteiger partial charge in [0.25, 0.3) is 5.91 Å². The van der Waals surface area contributed by atoms with E-state index in [1.807, 2.05) is 12.3 Å². The zero-order valence-electron chi connectivity index (χ0n) is 14.5. The van der Waals surface area contributed by atoms with Crippen LogP contribution in [-0.2, 0) is 14.4 Å². The summed E-state index contributed by atoms with van der Waals surface area (Å²) in [6, 6.07) is 11.4. The molecule has 0 radical (unpaired) electrons. The highest BCUT2D eigenvalue weighted by Gasteiger charge is 2.19. The van der Waals surface area contributed by atoms with Gasteiger partial charge in [-0.15, -0.1) is 0 Å². The van der Waals surface area contributed by atoms with E-state index in [2.05, 4.69) is 10.7 Å². The number of nitrogens with one attached hydrogen (secondary N) is 3. The molecule has 0 fully saturated rings. The molecule has 1 unspecified atom stereocenters. The number of hydrogen-bond acceptors (Lipinski definition) is 4. The molecule has 3 N–H and O–H groups in total. The molecule has 2 rings (SSSR count). The van der Waals surface area contributed by atoms with Crippen LogP contribution in [-0.4, -0.2) is 23.8 Å². The maximum absolute atomic E-state index is 12.0. The average Bonchev–Trinajstić information content (AvgIpc) is 2.63. The molecule has 0 aliphatic carbocycles. The minimum atomic E-state index is -1.03. The van der Waals surface area contributed by atoms with Gasteiger partial charge < -0.3 is 10.1 Å². The largest absolute Gasteiger partial charge is 0.479 e. The van der Waals surface area contributed by atoms with Gasteiger partial charge in [-0.25, -0.2) is 0 Å². The highest BCUT2D eigenvalue weighted by atomic mass is 35.5. The van der Waals surface area contributed by atoms with Crippen molar-refractivity contribution in [3.05, 3.63) is 58.1 Å². The van der Waals surface area contributed by atoms with Crippen LogP contribution in [0.5, 0.6) is 5.75 Å². The number of anilines is 1. The third-order valence-electron chi connectivity index (χ3n) is 3.38. The molecule has 0 saturated heterocycles. The van der Waals surface area contributed by atoms with Crippen LogP contribution < -0.4 is 20.9 Å². The number of benzene rings is 2. The summed E-state index contributed by atoms with van der Waals surface area (Å²) in [6.07, 6.45) is -0.982. The molecule has 27 heavy (non-hydrogen) atoms. The van der Waals surface area contributed by atoms with Crippen LogP contribution >= 0.6 is 23.2 Å². The quantitative estimate of drug-likeness (QED) is 0.534. The lowest BCUT2D eigenvalue weighted by molar-refractivity contribution is -0.139. The smallest absolute Gasteiger partial charge is 0.328 e. The van der Waals surface area contributed by atoms with E-state index in [4.69, 9.17) is 27.9 Å². The number of carbonyl (C=O) groups excluding carboxylic acids is 3. The van der Waals surface area contributed by atoms with E-state index >= 15 is 0 Å². The Morgan fingerprint density at radius 1 is 0.963 bits per heavy atom. The zero-order chi connectivity index (χ0) is 20.0. The van der Waals surface area contributed by atoms with Crippen LogP contribution in [0.25, 0.3) is 0 Å². The number of hydrazine groups is 1. The minimum Gasteiger partial charge on any atom is -0.479 e. The van der Waals surface area contributed by atoms with E-state index < -0.39 is 23.8 Å². The fraction of sp³-hybridized carbons (Fsp3) is 0.167. The predicted octanol–water partition coefficient (Wildman–Crippen LogP) is 2.86. The van der Waals surface area contributed by atoms with Crippen molar-refractivity contribution in [3.8, 4) is 5.75 Å². The summed E-state index contributed by atoms with van der Waals surface area (Å²) < 4.78 is 5.41. The summed E-state index contributed by atoms with van der Waals surface area (Å²) in [6.45, 7) is 3.35. The van der Waals surface area contributed by atoms with E-state index in [1.54, 1.807) is 30.3 Å². The molecule has 0 aliphatic rings. The van der Waals surface area contributed by atoms with Crippen molar-refractivity contribution in [2.75, 3.05) is 5.32 Å². The number of aryl methyl sites for hydroxylation is 1. The van der Waals surface area contributed by atoms with Crippen molar-refractivity contribution >= 4 is 46.6 Å². The molecule has 3 amide bonds. The fourth-order valence-electron chi connectivity index (χ4n) is 1.92. The molecule has 7 nitrogen and oxygen atoms in total. The van der Waals surface area contributed by atoms with E-state index in [9.17, 15) is 14.4 Å². The Morgan fingerprint density at radius 2 is 1.63 bits per heavy atom. The number of amides is 3. The van der Waals surface area contributed by atoms with Gasteiger partial charge in [-0.3, -0.25) is 25.2 Å². The number of hydrogen-bond donors (Lipinski definition) is 3. The molecule has 0 spiro atoms. The molecule has 0 heterocycles. The number of halogens is 2. The number of ether oxygens (including phenoxy) is 1. The lowest BCUT2D eigenvalue weighted by Crippen LogP contribution is -2.50. The molecule has 0 saturated carbocycles. The highest BCUT2D eigenvalue weighted by molar-refractivity contribution is 6.39. The molecule has 0 bridgehead atoms. The van der Waals surface area contributed by atoms with Crippen molar-refractivity contribution < 1.29 is 19.1 Å². The second kappa shape index (κ2) is 9.25. The summed E-state index contributed by atoms with van der Waals surface area (Å²) in [4.78, 5) is 35.6. The molecular formula is C18H17Cl2N3O4. The molecule has 1 atom stereocenters. The standard InChI is InChI=1S/C18H17Cl2N3O4/c1-10-3-6-13(7-4-10)21-17(25)18(26)23-22-16(24)11(2)27-15-8-5-12(19)9-14(15)20/h3-9,11H,1-2H3,(H,21,25)(H,22,24)(H,23,26). The van der Waals surface area contributed by atoms with Crippen molar-refractivity contribution in [2.24, 2.45) is 0 Å². The summed E-state index contributed by atoms with van der Waals surface area (Å²) >= 11 is 11.8. The Morgan fingerprint density at radius 3 is 2.26 bits per heavy atom. The van der Waals surface area contributed by atoms with Crippen molar-refractivity contribution in [2.45, 2.75) is 20.0 Å². The first-order valence-electron chi connectivity index (χ1n) is 7.86. The first kappa shape index (κ1) is 20.5. The van der Waals surface area contributed by atoms with Crippen molar-refractivity contribution in [1.29, 1.82) is 0 Å². The Hall–Kier alpha value is -2.77. The van der Waals surface area contributed by atoms with Gasteiger partial charge in [-0.2, -0.15) is 0 Å². The van der Waals surface area contributed by atoms with Gasteiger partial charge >= 0.3 is 11.8 Å². The number of carbonyl (C=O) groups is 3. The topological polar surface area (TPSA) is 96.5 Å². The van der Waals surface area contributed by atoms with Gasteiger partial charge in [-0.05, 0) is 44.2 Å². The molecule has 9 heteroatoms. The minimum absolute atomic E-state index is 0.240. The van der Waals surface area contributed by atoms with Gasteiger partial charge in [0.15, 0.2) is 6.10 Å². The lowest BCUT2D eigenvalue weighted by atomic mass is 10.2. The zero-order valence-corrected chi connectivity index (χ0v) is 16.0. The summed E-state index contributed by atoms with van der Waals surface area (Å²) in [5, 5.41) is 3.08. The van der Waals surface area contributed by atoms with Crippen LogP contribution in [0.15, 0.2) is 42.5 Å². The van der Waals surface area contributed by atoms with Crippen LogP contribution in [0, 0.1) is 6.92 Å². The van der Waals surface area contributed by atoms with Gasteiger partial charge in [0, 0.05) is 10.7 Å². The summed E-state index contributed by atoms with van der Waals surface area (Å²) in [5.41, 5.74) is 5.61. The number of rotatable bonds is 4. The predicted molar refractivity (Wildman–Crippen MR) is 103 cm³/mol. The molecule has 2 aromatic carbocycles. The normalized spacial score (nSPS) is 11.3. The maximum Gasteiger partial charge on any atom is 0.328 e. The third kappa shape index (κ3) is 6.16. The van der Waals surface area contributed by atoms with Gasteiger partial charge in [-0.1, -0.05) is 40.9 Å². The molecule has 0 aromatic heterocycles. The van der Waals surface area contributed by atoms with Crippen LogP contribution in [0.4, 0.5) is 5.69 Å². The molecule has 142 valence electrons. The molecule has 2 aromatic rings. The van der Waals surface area contributed by atoms with Gasteiger partial charge in [0.1, 0.15) is 5.75 Å².